The van der Waals surface area contributed by atoms with Crippen LogP contribution in [0.3, 0.4) is 0 Å². The smallest absolute Gasteiger partial charge is 0.411 e. The molecule has 2 aromatic heterocycles. The third kappa shape index (κ3) is 44.2. The first-order valence-electron chi connectivity index (χ1n) is 42.9. The van der Waals surface area contributed by atoms with Crippen LogP contribution in [0.25, 0.3) is 0 Å². The molecule has 2 aromatic rings. The number of nitrogens with one attached hydrogen (secondary N) is 3. The first-order valence-corrected chi connectivity index (χ1v) is 42.9. The Kier molecular flexibility index (Phi) is 52.5. The molecule has 6 amide bonds. The normalized spacial score (nSPS) is 22.8. The van der Waals surface area contributed by atoms with Gasteiger partial charge < -0.3 is 44.3 Å². The topological polar surface area (TPSA) is 350 Å². The van der Waals surface area contributed by atoms with E-state index >= 15 is 0 Å². The molecule has 0 saturated carbocycles. The molecule has 8 rings (SSSR count). The Morgan fingerprint density at radius 2 is 0.843 bits per heavy atom. The minimum Gasteiger partial charge on any atom is -0.480 e. The molecule has 0 aromatic carbocycles. The van der Waals surface area contributed by atoms with Crippen LogP contribution in [0.1, 0.15) is 288 Å². The lowest BCUT2D eigenvalue weighted by Crippen LogP contribution is -2.54. The summed E-state index contributed by atoms with van der Waals surface area (Å²) in [5, 5.41) is 25.3. The summed E-state index contributed by atoms with van der Waals surface area (Å²) in [5.74, 6) is 7.93. The van der Waals surface area contributed by atoms with Gasteiger partial charge in [-0.05, 0) is 281 Å². The van der Waals surface area contributed by atoms with Gasteiger partial charge in [-0.2, -0.15) is 10.2 Å². The van der Waals surface area contributed by atoms with Gasteiger partial charge in [0.05, 0.1) is 30.6 Å². The number of likely N-dealkylation sites (N-methyl/N-ethyl adjacent to an activating group) is 1. The molecule has 6 aliphatic heterocycles. The quantitative estimate of drug-likeness (QED) is 0.0310. The predicted octanol–water partition coefficient (Wildman–Crippen LogP) is 15.4. The fourth-order valence-corrected chi connectivity index (χ4v) is 13.8. The zero-order chi connectivity index (χ0) is 91.3. The van der Waals surface area contributed by atoms with Crippen LogP contribution in [0.2, 0.25) is 0 Å². The number of rotatable bonds is 13. The van der Waals surface area contributed by atoms with E-state index < -0.39 is 82.5 Å². The van der Waals surface area contributed by atoms with Gasteiger partial charge >= 0.3 is 36.4 Å². The highest BCUT2D eigenvalue weighted by Crippen LogP contribution is 2.35. The summed E-state index contributed by atoms with van der Waals surface area (Å²) in [6, 6.07) is 2.48. The number of aromatic nitrogens is 4. The van der Waals surface area contributed by atoms with Crippen LogP contribution in [0.15, 0.2) is 36.8 Å². The van der Waals surface area contributed by atoms with Crippen LogP contribution in [0.4, 0.5) is 24.0 Å². The van der Waals surface area contributed by atoms with E-state index in [9.17, 15) is 43.2 Å². The molecule has 6 saturated heterocycles. The van der Waals surface area contributed by atoms with Crippen molar-refractivity contribution in [3.63, 3.8) is 0 Å². The molecular weight excluding hydrogens is 1550 g/mol. The highest BCUT2D eigenvalue weighted by molar-refractivity contribution is 6.00. The van der Waals surface area contributed by atoms with Gasteiger partial charge in [0.15, 0.2) is 5.78 Å². The van der Waals surface area contributed by atoms with Gasteiger partial charge in [-0.15, -0.1) is 6.42 Å². The number of ether oxygens (including phenoxy) is 5. The molecule has 6 fully saturated rings. The number of hydrogen-bond donors (Lipinski definition) is 5. The van der Waals surface area contributed by atoms with Crippen molar-refractivity contribution in [3.05, 3.63) is 48.2 Å². The lowest BCUT2D eigenvalue weighted by atomic mass is 9.92. The van der Waals surface area contributed by atoms with Crippen molar-refractivity contribution in [3.8, 4) is 12.3 Å². The van der Waals surface area contributed by atoms with E-state index in [-0.39, 0.29) is 44.5 Å². The molecule has 12 atom stereocenters. The standard InChI is InChI=1S/C18H32N2O3.C15H25N3O2.C14H26N2O4.C14H21NO3.C12H21NO4.C10H17N3.C4H11N.CH6N2.2CH4/c1-7-19(8-2)12-11-16(21)15-10-9-14(3)13-20(15)17(22)23-18(4,5)6;1-11-6-7-13(12-8-9-16-17(12)5)18(10-11)14(19)20-15(2,3)4;1-10-7-8-11(12(17)15(5)19-6)16(9-10)13(18)20-14(2,3)4;1-6-12(16)11-8-7-10(2)9-15(11)13(17)18-14(3,4)5;1-8-5-6-9(10(14)15)13(7-8)11(16)17-12(2,3)4;1-8-3-4-9(11-7-8)10-5-6-12-13(10)2;1-3-5-4-2;1-3-2;;/h11-12,14-15H,7-10,13H2,1-6H3;8-9,11,13H,6-7,10H2,1-5H3;10-11H,7-9H2,1-6H3;1,10-11H,7-9H2,2-5H3;8-9H,5-7H2,1-4H3,(H,14,15);5-6,8-9,11H,3-4,7H2,1-2H3;5H,3-4H2,1-2H3;3H,2H2,1H3;2*1H4/b12-11+;;;;;;;;;. The molecule has 0 bridgehead atoms. The Labute approximate surface area is 729 Å². The maximum absolute atomic E-state index is 12.6. The summed E-state index contributed by atoms with van der Waals surface area (Å²) in [7, 11) is 8.56. The summed E-state index contributed by atoms with van der Waals surface area (Å²) < 4.78 is 30.8. The molecule has 0 aliphatic carbocycles. The number of amides is 6. The first kappa shape index (κ1) is 115. The van der Waals surface area contributed by atoms with Crippen molar-refractivity contribution in [1.82, 2.24) is 70.1 Å². The van der Waals surface area contributed by atoms with Gasteiger partial charge in [0.25, 0.3) is 5.91 Å². The van der Waals surface area contributed by atoms with E-state index in [1.807, 2.05) is 137 Å². The SMILES string of the molecule is C.C.C#CC(=O)C1CCC(C)CN1C(=O)OC(C)(C)C.CC1CCC(C(=O)O)N(C(=O)OC(C)(C)C)C1.CC1CCC(c2ccnn2C)N(C(=O)OC(C)(C)C)C1.CC1CCC(c2ccnn2C)NC1.CCN(/C=C/C(=O)C1CCC(C)CN1C(=O)OC(C)(C)C)CC.CCNCC.CNN.CON(C)C(=O)C1CCC(C)CN1C(=O)OC(C)(C)C. The Morgan fingerprint density at radius 3 is 1.17 bits per heavy atom. The number of hydrogen-bond acceptors (Lipinski definition) is 22. The van der Waals surface area contributed by atoms with Gasteiger partial charge in [-0.25, -0.2) is 33.8 Å². The maximum atomic E-state index is 12.6. The second kappa shape index (κ2) is 55.2. The fraction of sp³-hybridized carbons (Fsp3) is 0.789. The van der Waals surface area contributed by atoms with Crippen LogP contribution in [0, 0.1) is 47.9 Å². The van der Waals surface area contributed by atoms with Crippen molar-refractivity contribution in [2.45, 2.75) is 329 Å². The van der Waals surface area contributed by atoms with Crippen molar-refractivity contribution in [2.24, 2.45) is 55.4 Å². The van der Waals surface area contributed by atoms with Crippen LogP contribution in [-0.2, 0) is 61.8 Å². The molecule has 31 nitrogen and oxygen atoms in total. The van der Waals surface area contributed by atoms with Crippen molar-refractivity contribution < 1.29 is 76.8 Å². The number of Topliss-reactive ketones (excluding diaryl/α,β-unsaturated/α-hetero) is 1. The Bertz CT molecular complexity index is 3440. The third-order valence-electron chi connectivity index (χ3n) is 20.0. The number of terminal acetylenes is 1. The fourth-order valence-electron chi connectivity index (χ4n) is 13.8. The predicted molar refractivity (Wildman–Crippen MR) is 479 cm³/mol. The summed E-state index contributed by atoms with van der Waals surface area (Å²) in [4.78, 5) is 124. The van der Waals surface area contributed by atoms with Gasteiger partial charge in [0, 0.05) is 91.6 Å². The number of hydroxylamine groups is 2. The highest BCUT2D eigenvalue weighted by atomic mass is 16.7. The van der Waals surface area contributed by atoms with Crippen molar-refractivity contribution >= 4 is 53.9 Å². The molecule has 6 N–H and O–H groups in total. The monoisotopic (exact) mass is 1710 g/mol. The highest BCUT2D eigenvalue weighted by Gasteiger charge is 2.42. The number of carbonyl (C=O) groups excluding carboxylic acids is 8. The average Bonchev–Trinajstić information content (AvgIpc) is 1.68. The summed E-state index contributed by atoms with van der Waals surface area (Å²) >= 11 is 0. The van der Waals surface area contributed by atoms with Gasteiger partial charge in [0.2, 0.25) is 5.78 Å². The van der Waals surface area contributed by atoms with Gasteiger partial charge in [-0.3, -0.25) is 64.4 Å². The van der Waals surface area contributed by atoms with Crippen molar-refractivity contribution in [2.75, 3.05) is 86.7 Å². The number of ketones is 2. The van der Waals surface area contributed by atoms with E-state index in [1.54, 1.807) is 72.8 Å². The Balaban J connectivity index is 0. The minimum absolute atomic E-state index is 0. The number of piperidine rings is 6. The number of aliphatic carboxylic acids is 1. The minimum atomic E-state index is -0.956. The molecule has 12 unspecified atom stereocenters. The number of carboxylic acids is 1. The van der Waals surface area contributed by atoms with Crippen LogP contribution in [0.5, 0.6) is 0 Å². The largest absolute Gasteiger partial charge is 0.480 e. The Morgan fingerprint density at radius 1 is 0.521 bits per heavy atom. The molecular formula is C90H167N15O16. The summed E-state index contributed by atoms with van der Waals surface area (Å²) in [6.45, 7) is 56.3. The first-order chi connectivity index (χ1) is 55.1. The lowest BCUT2D eigenvalue weighted by Gasteiger charge is -2.39. The molecule has 8 heterocycles. The van der Waals surface area contributed by atoms with E-state index in [0.717, 1.165) is 94.5 Å². The molecule has 31 heteroatoms. The van der Waals surface area contributed by atoms with E-state index in [4.69, 9.17) is 40.1 Å². The molecule has 121 heavy (non-hydrogen) atoms. The number of hydrazine groups is 1. The number of nitrogens with two attached hydrogens (primary N) is 1. The second-order valence-electron chi connectivity index (χ2n) is 37.1. The zero-order valence-electron chi connectivity index (χ0n) is 78.6. The number of carbonyl (C=O) groups is 9. The summed E-state index contributed by atoms with van der Waals surface area (Å²) in [5.41, 5.74) is 1.88. The van der Waals surface area contributed by atoms with E-state index in [0.29, 0.717) is 87.5 Å². The maximum Gasteiger partial charge on any atom is 0.411 e. The number of carboxylic acid groups (broad SMARTS) is 1. The summed E-state index contributed by atoms with van der Waals surface area (Å²) in [6.07, 6.45) is 20.9. The van der Waals surface area contributed by atoms with Crippen molar-refractivity contribution in [1.29, 1.82) is 0 Å². The Hall–Kier alpha value is -8.05. The molecule has 0 radical (unpaired) electrons. The zero-order valence-corrected chi connectivity index (χ0v) is 78.6. The molecule has 6 aliphatic rings. The third-order valence-corrected chi connectivity index (χ3v) is 20.0. The van der Waals surface area contributed by atoms with E-state index in [2.05, 4.69) is 90.5 Å². The number of likely N-dealkylation sites (tertiary alicyclic amines) is 5. The van der Waals surface area contributed by atoms with Gasteiger partial charge in [-0.1, -0.05) is 70.2 Å². The lowest BCUT2D eigenvalue weighted by molar-refractivity contribution is -0.175. The average molecular weight is 1720 g/mol. The second-order valence-corrected chi connectivity index (χ2v) is 37.1. The van der Waals surface area contributed by atoms with E-state index in [1.165, 1.54) is 40.3 Å². The number of nitrogens with zero attached hydrogens (tertiary/aromatic N) is 11. The molecule has 698 valence electrons. The van der Waals surface area contributed by atoms with Crippen LogP contribution >= 0.6 is 0 Å². The van der Waals surface area contributed by atoms with Crippen LogP contribution < -0.4 is 21.9 Å². The van der Waals surface area contributed by atoms with Crippen LogP contribution in [-0.4, -0.2) is 252 Å². The van der Waals surface area contributed by atoms with Gasteiger partial charge in [0.1, 0.15) is 46.1 Å². The number of aryl methyl sites for hydroxylation is 2. The molecule has 0 spiro atoms.